The average molecular weight is 158 g/mol. The smallest absolute Gasteiger partial charge is 0.275 e. The summed E-state index contributed by atoms with van der Waals surface area (Å²) >= 11 is 1.37. The van der Waals surface area contributed by atoms with Gasteiger partial charge in [0.2, 0.25) is 0 Å². The van der Waals surface area contributed by atoms with Gasteiger partial charge in [0.05, 0.1) is 12.8 Å². The fourth-order valence-electron chi connectivity index (χ4n) is 0.526. The summed E-state index contributed by atoms with van der Waals surface area (Å²) in [5, 5.41) is 1.37. The van der Waals surface area contributed by atoms with E-state index in [2.05, 4.69) is 11.9 Å². The summed E-state index contributed by atoms with van der Waals surface area (Å²) in [4.78, 5) is 3.92. The quantitative estimate of drug-likeness (QED) is 0.725. The Morgan fingerprint density at radius 2 is 2.60 bits per heavy atom. The summed E-state index contributed by atoms with van der Waals surface area (Å²) in [5.41, 5.74) is 5.43. The Kier molecular flexibility index (Phi) is 2.50. The highest BCUT2D eigenvalue weighted by atomic mass is 32.1. The van der Waals surface area contributed by atoms with E-state index in [4.69, 9.17) is 10.5 Å². The molecule has 0 saturated heterocycles. The van der Waals surface area contributed by atoms with E-state index in [0.29, 0.717) is 16.8 Å². The van der Waals surface area contributed by atoms with Crippen molar-refractivity contribution < 1.29 is 4.74 Å². The van der Waals surface area contributed by atoms with Gasteiger partial charge in [-0.05, 0) is 6.42 Å². The lowest BCUT2D eigenvalue weighted by Crippen LogP contribution is -1.93. The maximum atomic E-state index is 5.43. The Hall–Kier alpha value is -0.770. The van der Waals surface area contributed by atoms with Crippen LogP contribution < -0.4 is 10.5 Å². The van der Waals surface area contributed by atoms with E-state index in [9.17, 15) is 0 Å². The number of ether oxygens (including phenoxy) is 1. The Morgan fingerprint density at radius 1 is 1.80 bits per heavy atom. The Labute approximate surface area is 63.8 Å². The minimum atomic E-state index is 0.666. The van der Waals surface area contributed by atoms with Crippen LogP contribution in [-0.2, 0) is 0 Å². The molecular formula is C6H10N2OS. The van der Waals surface area contributed by atoms with Gasteiger partial charge in [-0.15, -0.1) is 0 Å². The molecule has 2 N–H and O–H groups in total. The second kappa shape index (κ2) is 3.41. The van der Waals surface area contributed by atoms with Gasteiger partial charge in [0.1, 0.15) is 5.00 Å². The molecule has 1 aromatic rings. The average Bonchev–Trinajstić information content (AvgIpc) is 2.31. The molecule has 10 heavy (non-hydrogen) atoms. The molecule has 56 valence electrons. The molecule has 0 aliphatic rings. The Balaban J connectivity index is 2.42. The third-order valence-electron chi connectivity index (χ3n) is 0.932. The molecule has 0 saturated carbocycles. The molecule has 0 spiro atoms. The molecule has 0 aliphatic heterocycles. The number of rotatable bonds is 3. The van der Waals surface area contributed by atoms with Crippen LogP contribution in [0.2, 0.25) is 0 Å². The van der Waals surface area contributed by atoms with Gasteiger partial charge < -0.3 is 10.5 Å². The van der Waals surface area contributed by atoms with Crippen molar-refractivity contribution in [3.63, 3.8) is 0 Å². The van der Waals surface area contributed by atoms with Crippen LogP contribution in [0.3, 0.4) is 0 Å². The van der Waals surface area contributed by atoms with Crippen LogP contribution in [-0.4, -0.2) is 11.6 Å². The first kappa shape index (κ1) is 7.34. The first-order chi connectivity index (χ1) is 4.83. The van der Waals surface area contributed by atoms with E-state index in [1.165, 1.54) is 11.3 Å². The summed E-state index contributed by atoms with van der Waals surface area (Å²) in [6.07, 6.45) is 2.61. The molecule has 0 unspecified atom stereocenters. The topological polar surface area (TPSA) is 48.1 Å². The molecule has 0 atom stereocenters. The molecular weight excluding hydrogens is 148 g/mol. The van der Waals surface area contributed by atoms with Crippen molar-refractivity contribution in [2.24, 2.45) is 0 Å². The lowest BCUT2D eigenvalue weighted by Gasteiger charge is -1.95. The largest absolute Gasteiger partial charge is 0.470 e. The van der Waals surface area contributed by atoms with Gasteiger partial charge in [-0.25, -0.2) is 4.98 Å². The fraction of sp³-hybridized carbons (Fsp3) is 0.500. The summed E-state index contributed by atoms with van der Waals surface area (Å²) < 4.78 is 5.20. The monoisotopic (exact) mass is 158 g/mol. The third kappa shape index (κ3) is 1.88. The number of thiazole rings is 1. The molecule has 3 nitrogen and oxygen atoms in total. The van der Waals surface area contributed by atoms with Gasteiger partial charge in [-0.2, -0.15) is 0 Å². The molecule has 0 fully saturated rings. The maximum absolute atomic E-state index is 5.43. The molecule has 1 rings (SSSR count). The van der Waals surface area contributed by atoms with Crippen LogP contribution in [0.4, 0.5) is 5.00 Å². The van der Waals surface area contributed by atoms with Crippen LogP contribution in [0, 0.1) is 0 Å². The minimum Gasteiger partial charge on any atom is -0.470 e. The van der Waals surface area contributed by atoms with Crippen LogP contribution in [0.5, 0.6) is 5.19 Å². The molecule has 0 bridgehead atoms. The third-order valence-corrected chi connectivity index (χ3v) is 1.67. The van der Waals surface area contributed by atoms with E-state index in [0.717, 1.165) is 6.42 Å². The normalized spacial score (nSPS) is 9.70. The summed E-state index contributed by atoms with van der Waals surface area (Å²) in [6, 6.07) is 0. The number of nitrogens with two attached hydrogens (primary N) is 1. The predicted molar refractivity (Wildman–Crippen MR) is 42.3 cm³/mol. The molecule has 0 amide bonds. The molecule has 0 radical (unpaired) electrons. The number of hydrogen-bond acceptors (Lipinski definition) is 4. The SMILES string of the molecule is CCCOc1ncc(N)s1. The zero-order chi connectivity index (χ0) is 7.40. The Morgan fingerprint density at radius 3 is 3.10 bits per heavy atom. The van der Waals surface area contributed by atoms with E-state index < -0.39 is 0 Å². The van der Waals surface area contributed by atoms with E-state index >= 15 is 0 Å². The van der Waals surface area contributed by atoms with Gasteiger partial charge >= 0.3 is 0 Å². The minimum absolute atomic E-state index is 0.666. The van der Waals surface area contributed by atoms with E-state index in [1.54, 1.807) is 6.20 Å². The lowest BCUT2D eigenvalue weighted by molar-refractivity contribution is 0.316. The fourth-order valence-corrected chi connectivity index (χ4v) is 1.08. The van der Waals surface area contributed by atoms with Crippen molar-refractivity contribution in [1.82, 2.24) is 4.98 Å². The van der Waals surface area contributed by atoms with Crippen LogP contribution in [0.25, 0.3) is 0 Å². The van der Waals surface area contributed by atoms with Crippen molar-refractivity contribution in [2.75, 3.05) is 12.3 Å². The number of aromatic nitrogens is 1. The second-order valence-electron chi connectivity index (χ2n) is 1.88. The number of hydrogen-bond donors (Lipinski definition) is 1. The van der Waals surface area contributed by atoms with E-state index in [1.807, 2.05) is 0 Å². The van der Waals surface area contributed by atoms with Gasteiger partial charge in [0.15, 0.2) is 0 Å². The van der Waals surface area contributed by atoms with Crippen molar-refractivity contribution >= 4 is 16.3 Å². The standard InChI is InChI=1S/C6H10N2OS/c1-2-3-9-6-8-4-5(7)10-6/h4H,2-3,7H2,1H3. The molecule has 4 heteroatoms. The van der Waals surface area contributed by atoms with Crippen molar-refractivity contribution in [2.45, 2.75) is 13.3 Å². The van der Waals surface area contributed by atoms with Crippen LogP contribution >= 0.6 is 11.3 Å². The molecule has 1 heterocycles. The maximum Gasteiger partial charge on any atom is 0.275 e. The van der Waals surface area contributed by atoms with Gasteiger partial charge in [0, 0.05) is 0 Å². The summed E-state index contributed by atoms with van der Waals surface area (Å²) in [6.45, 7) is 2.77. The van der Waals surface area contributed by atoms with Gasteiger partial charge in [-0.1, -0.05) is 18.3 Å². The van der Waals surface area contributed by atoms with Crippen molar-refractivity contribution in [1.29, 1.82) is 0 Å². The van der Waals surface area contributed by atoms with Gasteiger partial charge in [-0.3, -0.25) is 0 Å². The highest BCUT2D eigenvalue weighted by Gasteiger charge is 1.96. The molecule has 0 aliphatic carbocycles. The number of anilines is 1. The zero-order valence-electron chi connectivity index (χ0n) is 5.83. The van der Waals surface area contributed by atoms with Crippen LogP contribution in [0.1, 0.15) is 13.3 Å². The number of nitrogen functional groups attached to an aromatic ring is 1. The van der Waals surface area contributed by atoms with E-state index in [-0.39, 0.29) is 0 Å². The number of nitrogens with zero attached hydrogens (tertiary/aromatic N) is 1. The second-order valence-corrected chi connectivity index (χ2v) is 2.90. The predicted octanol–water partition coefficient (Wildman–Crippen LogP) is 1.51. The highest BCUT2D eigenvalue weighted by molar-refractivity contribution is 7.17. The lowest BCUT2D eigenvalue weighted by atomic mass is 10.5. The summed E-state index contributed by atoms with van der Waals surface area (Å²) in [7, 11) is 0. The molecule has 1 aromatic heterocycles. The zero-order valence-corrected chi connectivity index (χ0v) is 6.65. The first-order valence-electron chi connectivity index (χ1n) is 3.17. The molecule has 0 aromatic carbocycles. The van der Waals surface area contributed by atoms with Gasteiger partial charge in [0.25, 0.3) is 5.19 Å². The van der Waals surface area contributed by atoms with Crippen LogP contribution in [0.15, 0.2) is 6.20 Å². The van der Waals surface area contributed by atoms with Crippen molar-refractivity contribution in [3.8, 4) is 5.19 Å². The van der Waals surface area contributed by atoms with Crippen molar-refractivity contribution in [3.05, 3.63) is 6.20 Å². The summed E-state index contributed by atoms with van der Waals surface area (Å²) in [5.74, 6) is 0. The first-order valence-corrected chi connectivity index (χ1v) is 3.98. The Bertz CT molecular complexity index is 199. The highest BCUT2D eigenvalue weighted by Crippen LogP contribution is 2.21.